The molecule has 0 aromatic heterocycles. The number of urea groups is 1. The number of amides is 3. The zero-order chi connectivity index (χ0) is 16.0. The molecule has 0 aliphatic heterocycles. The average molecular weight is 293 g/mol. The molecule has 0 aliphatic rings. The summed E-state index contributed by atoms with van der Waals surface area (Å²) in [6, 6.07) is 7.04. The number of likely N-dealkylation sites (N-methyl/N-ethyl adjacent to an activating group) is 1. The van der Waals surface area contributed by atoms with Crippen LogP contribution in [0.1, 0.15) is 6.92 Å². The van der Waals surface area contributed by atoms with Crippen molar-refractivity contribution in [3.05, 3.63) is 30.3 Å². The Bertz CT molecular complexity index is 516. The summed E-state index contributed by atoms with van der Waals surface area (Å²) >= 11 is 0. The number of rotatable bonds is 5. The van der Waals surface area contributed by atoms with E-state index in [9.17, 15) is 14.4 Å². The van der Waals surface area contributed by atoms with Crippen molar-refractivity contribution >= 4 is 23.6 Å². The fourth-order valence-electron chi connectivity index (χ4n) is 1.74. The van der Waals surface area contributed by atoms with E-state index in [1.807, 2.05) is 0 Å². The third kappa shape index (κ3) is 4.79. The average Bonchev–Trinajstić information content (AvgIpc) is 2.44. The number of para-hydroxylation sites is 1. The van der Waals surface area contributed by atoms with Crippen LogP contribution in [0.3, 0.4) is 0 Å². The fourth-order valence-corrected chi connectivity index (χ4v) is 1.74. The molecule has 7 nitrogen and oxygen atoms in total. The number of carbonyl (C=O) groups excluding carboxylic acids is 2. The lowest BCUT2D eigenvalue weighted by Gasteiger charge is -2.24. The van der Waals surface area contributed by atoms with E-state index in [4.69, 9.17) is 5.11 Å². The monoisotopic (exact) mass is 293 g/mol. The summed E-state index contributed by atoms with van der Waals surface area (Å²) < 4.78 is 0. The Kier molecular flexibility index (Phi) is 5.71. The largest absolute Gasteiger partial charge is 0.480 e. The maximum absolute atomic E-state index is 12.2. The minimum absolute atomic E-state index is 0.272. The predicted molar refractivity (Wildman–Crippen MR) is 78.1 cm³/mol. The Hall–Kier alpha value is -2.57. The van der Waals surface area contributed by atoms with Crippen molar-refractivity contribution in [2.24, 2.45) is 0 Å². The van der Waals surface area contributed by atoms with Gasteiger partial charge in [0.2, 0.25) is 5.91 Å². The lowest BCUT2D eigenvalue weighted by Crippen LogP contribution is -2.50. The third-order valence-electron chi connectivity index (χ3n) is 2.76. The highest BCUT2D eigenvalue weighted by atomic mass is 16.4. The Morgan fingerprint density at radius 3 is 2.24 bits per heavy atom. The van der Waals surface area contributed by atoms with Crippen molar-refractivity contribution in [2.75, 3.05) is 25.5 Å². The van der Waals surface area contributed by atoms with Crippen molar-refractivity contribution in [3.63, 3.8) is 0 Å². The standard InChI is InChI=1S/C14H19N3O4/c1-10(13(20)16(2)3)15-14(21)17(9-12(18)19)11-7-5-4-6-8-11/h4-8,10H,9H2,1-3H3,(H,15,21)(H,18,19). The van der Waals surface area contributed by atoms with E-state index in [1.165, 1.54) is 4.90 Å². The van der Waals surface area contributed by atoms with E-state index in [0.29, 0.717) is 5.69 Å². The van der Waals surface area contributed by atoms with E-state index < -0.39 is 24.6 Å². The first kappa shape index (κ1) is 16.5. The Balaban J connectivity index is 2.87. The number of hydrogen-bond acceptors (Lipinski definition) is 3. The molecular weight excluding hydrogens is 274 g/mol. The van der Waals surface area contributed by atoms with Crippen molar-refractivity contribution in [3.8, 4) is 0 Å². The van der Waals surface area contributed by atoms with Crippen LogP contribution in [0.5, 0.6) is 0 Å². The highest BCUT2D eigenvalue weighted by Crippen LogP contribution is 2.13. The number of nitrogens with one attached hydrogen (secondary N) is 1. The molecule has 0 heterocycles. The van der Waals surface area contributed by atoms with E-state index in [1.54, 1.807) is 51.4 Å². The highest BCUT2D eigenvalue weighted by molar-refractivity contribution is 5.98. The summed E-state index contributed by atoms with van der Waals surface area (Å²) in [5, 5.41) is 11.4. The minimum Gasteiger partial charge on any atom is -0.480 e. The Morgan fingerprint density at radius 1 is 1.19 bits per heavy atom. The first-order chi connectivity index (χ1) is 9.82. The number of nitrogens with zero attached hydrogens (tertiary/aromatic N) is 2. The molecule has 0 spiro atoms. The number of aliphatic carboxylic acids is 1. The van der Waals surface area contributed by atoms with Gasteiger partial charge in [-0.25, -0.2) is 4.79 Å². The molecule has 114 valence electrons. The van der Waals surface area contributed by atoms with Gasteiger partial charge in [0.1, 0.15) is 12.6 Å². The van der Waals surface area contributed by atoms with Gasteiger partial charge in [-0.1, -0.05) is 18.2 Å². The van der Waals surface area contributed by atoms with E-state index >= 15 is 0 Å². The molecule has 0 radical (unpaired) electrons. The second-order valence-electron chi connectivity index (χ2n) is 4.72. The topological polar surface area (TPSA) is 90.0 Å². The molecule has 0 aliphatic carbocycles. The lowest BCUT2D eigenvalue weighted by molar-refractivity contribution is -0.135. The van der Waals surface area contributed by atoms with Crippen LogP contribution in [0.15, 0.2) is 30.3 Å². The summed E-state index contributed by atoms with van der Waals surface area (Å²) in [6.45, 7) is 1.06. The highest BCUT2D eigenvalue weighted by Gasteiger charge is 2.23. The molecule has 1 rings (SSSR count). The molecule has 0 bridgehead atoms. The number of carbonyl (C=O) groups is 3. The van der Waals surface area contributed by atoms with Gasteiger partial charge in [0.15, 0.2) is 0 Å². The molecule has 1 aromatic carbocycles. The smallest absolute Gasteiger partial charge is 0.323 e. The number of hydrogen-bond donors (Lipinski definition) is 2. The molecular formula is C14H19N3O4. The molecule has 7 heteroatoms. The first-order valence-corrected chi connectivity index (χ1v) is 6.39. The number of benzene rings is 1. The van der Waals surface area contributed by atoms with Crippen molar-refractivity contribution in [2.45, 2.75) is 13.0 Å². The van der Waals surface area contributed by atoms with E-state index in [0.717, 1.165) is 4.90 Å². The van der Waals surface area contributed by atoms with Gasteiger partial charge in [-0.2, -0.15) is 0 Å². The molecule has 0 saturated heterocycles. The minimum atomic E-state index is -1.14. The summed E-state index contributed by atoms with van der Waals surface area (Å²) in [5.74, 6) is -1.41. The molecule has 0 saturated carbocycles. The van der Waals surface area contributed by atoms with Gasteiger partial charge in [0, 0.05) is 19.8 Å². The second kappa shape index (κ2) is 7.28. The summed E-state index contributed by atoms with van der Waals surface area (Å²) in [4.78, 5) is 37.3. The maximum atomic E-state index is 12.2. The van der Waals surface area contributed by atoms with Gasteiger partial charge in [-0.3, -0.25) is 14.5 Å². The van der Waals surface area contributed by atoms with Crippen LogP contribution in [-0.4, -0.2) is 54.6 Å². The molecule has 1 atom stereocenters. The first-order valence-electron chi connectivity index (χ1n) is 6.39. The molecule has 1 aromatic rings. The van der Waals surface area contributed by atoms with Gasteiger partial charge in [0.25, 0.3) is 0 Å². The van der Waals surface area contributed by atoms with E-state index in [-0.39, 0.29) is 5.91 Å². The SMILES string of the molecule is CC(NC(=O)N(CC(=O)O)c1ccccc1)C(=O)N(C)C. The van der Waals surface area contributed by atoms with Gasteiger partial charge >= 0.3 is 12.0 Å². The van der Waals surface area contributed by atoms with Crippen LogP contribution in [0, 0.1) is 0 Å². The van der Waals surface area contributed by atoms with Crippen molar-refractivity contribution in [1.82, 2.24) is 10.2 Å². The summed E-state index contributed by atoms with van der Waals surface area (Å²) in [7, 11) is 3.16. The Morgan fingerprint density at radius 2 is 1.76 bits per heavy atom. The molecule has 2 N–H and O–H groups in total. The van der Waals surface area contributed by atoms with Crippen molar-refractivity contribution < 1.29 is 19.5 Å². The molecule has 1 unspecified atom stereocenters. The van der Waals surface area contributed by atoms with E-state index in [2.05, 4.69) is 5.32 Å². The summed E-state index contributed by atoms with van der Waals surface area (Å²) in [5.41, 5.74) is 0.446. The molecule has 3 amide bonds. The zero-order valence-electron chi connectivity index (χ0n) is 12.2. The van der Waals surface area contributed by atoms with Crippen LogP contribution < -0.4 is 10.2 Å². The van der Waals surface area contributed by atoms with Gasteiger partial charge in [0.05, 0.1) is 0 Å². The number of carboxylic acid groups (broad SMARTS) is 1. The van der Waals surface area contributed by atoms with Crippen LogP contribution in [-0.2, 0) is 9.59 Å². The van der Waals surface area contributed by atoms with Crippen molar-refractivity contribution in [1.29, 1.82) is 0 Å². The zero-order valence-corrected chi connectivity index (χ0v) is 12.2. The molecule has 21 heavy (non-hydrogen) atoms. The van der Waals surface area contributed by atoms with Gasteiger partial charge in [-0.05, 0) is 19.1 Å². The second-order valence-corrected chi connectivity index (χ2v) is 4.72. The van der Waals surface area contributed by atoms with Crippen LogP contribution in [0.4, 0.5) is 10.5 Å². The van der Waals surface area contributed by atoms with Crippen LogP contribution in [0.2, 0.25) is 0 Å². The predicted octanol–water partition coefficient (Wildman–Crippen LogP) is 0.764. The lowest BCUT2D eigenvalue weighted by atomic mass is 10.2. The fraction of sp³-hybridized carbons (Fsp3) is 0.357. The maximum Gasteiger partial charge on any atom is 0.323 e. The quantitative estimate of drug-likeness (QED) is 0.839. The number of anilines is 1. The van der Waals surface area contributed by atoms with Crippen LogP contribution >= 0.6 is 0 Å². The van der Waals surface area contributed by atoms with Crippen LogP contribution in [0.25, 0.3) is 0 Å². The third-order valence-corrected chi connectivity index (χ3v) is 2.76. The Labute approximate surface area is 123 Å². The number of carboxylic acids is 1. The van der Waals surface area contributed by atoms with Gasteiger partial charge < -0.3 is 15.3 Å². The normalized spacial score (nSPS) is 11.4. The van der Waals surface area contributed by atoms with Gasteiger partial charge in [-0.15, -0.1) is 0 Å². The molecule has 0 fully saturated rings. The summed E-state index contributed by atoms with van der Waals surface area (Å²) in [6.07, 6.45) is 0.